The minimum Gasteiger partial charge on any atom is -0.296 e. The van der Waals surface area contributed by atoms with Crippen molar-refractivity contribution >= 4 is 65.2 Å². The number of fused-ring (bicyclic) bond motifs is 2. The highest BCUT2D eigenvalue weighted by molar-refractivity contribution is 7.22. The number of hydrogen-bond donors (Lipinski definition) is 2. The molecule has 0 aliphatic heterocycles. The Morgan fingerprint density at radius 2 is 0.944 bits per heavy atom. The average Bonchev–Trinajstić information content (AvgIpc) is 3.41. The van der Waals surface area contributed by atoms with Crippen molar-refractivity contribution in [1.29, 1.82) is 0 Å². The van der Waals surface area contributed by atoms with E-state index >= 15 is 0 Å². The van der Waals surface area contributed by atoms with Crippen molar-refractivity contribution in [2.75, 3.05) is 10.6 Å². The van der Waals surface area contributed by atoms with Crippen LogP contribution in [0.2, 0.25) is 0 Å². The summed E-state index contributed by atoms with van der Waals surface area (Å²) in [5.74, 6) is -32.8. The number of amides is 2. The number of halogens is 8. The van der Waals surface area contributed by atoms with Crippen molar-refractivity contribution in [2.24, 2.45) is 0 Å². The minimum atomic E-state index is -7.00. The maximum Gasteiger partial charge on any atom is 0.393 e. The minimum absolute atomic E-state index is 0.163. The molecule has 2 heterocycles. The van der Waals surface area contributed by atoms with E-state index in [0.29, 0.717) is 32.1 Å². The fraction of sp³-hybridized carbons (Fsp3) is 0.200. The van der Waals surface area contributed by atoms with Crippen molar-refractivity contribution in [1.82, 2.24) is 9.97 Å². The third kappa shape index (κ3) is 4.03. The standard InChI is InChI=1S/C20H10F8N4O2S2/c21-17(22,13(33)31-15-29-9-5-1-3-7-11(9)35-15)19(25,26)20(27,28)18(23,24)14(34)32-16-30-10-6-2-4-8-12(10)36-16/h1-8H,(H,29,31,33)(H,30,32,34). The Bertz CT molecular complexity index is 1290. The predicted molar refractivity (Wildman–Crippen MR) is 116 cm³/mol. The molecule has 2 aromatic heterocycles. The number of para-hydroxylation sites is 2. The first-order valence-electron chi connectivity index (χ1n) is 9.54. The fourth-order valence-corrected chi connectivity index (χ4v) is 4.60. The van der Waals surface area contributed by atoms with E-state index in [9.17, 15) is 44.7 Å². The van der Waals surface area contributed by atoms with Gasteiger partial charge in [0.25, 0.3) is 0 Å². The lowest BCUT2D eigenvalue weighted by Crippen LogP contribution is -2.67. The Kier molecular flexibility index (Phi) is 6.15. The Balaban J connectivity index is 1.57. The first kappa shape index (κ1) is 25.7. The smallest absolute Gasteiger partial charge is 0.296 e. The molecular weight excluding hydrogens is 544 g/mol. The molecule has 0 fully saturated rings. The quantitative estimate of drug-likeness (QED) is 0.274. The lowest BCUT2D eigenvalue weighted by molar-refractivity contribution is -0.345. The second-order valence-corrected chi connectivity index (χ2v) is 9.24. The number of carbonyl (C=O) groups excluding carboxylic acids is 2. The van der Waals surface area contributed by atoms with Crippen LogP contribution in [0.15, 0.2) is 48.5 Å². The zero-order valence-corrected chi connectivity index (χ0v) is 18.8. The van der Waals surface area contributed by atoms with Gasteiger partial charge in [-0.05, 0) is 24.3 Å². The Morgan fingerprint density at radius 3 is 1.28 bits per heavy atom. The molecule has 6 nitrogen and oxygen atoms in total. The van der Waals surface area contributed by atoms with Gasteiger partial charge in [-0.3, -0.25) is 20.2 Å². The Labute approximate surface area is 203 Å². The highest BCUT2D eigenvalue weighted by atomic mass is 32.1. The zero-order chi connectivity index (χ0) is 26.5. The van der Waals surface area contributed by atoms with Crippen LogP contribution < -0.4 is 10.6 Å². The molecule has 0 spiro atoms. The fourth-order valence-electron chi connectivity index (χ4n) is 2.88. The molecule has 2 N–H and O–H groups in total. The summed E-state index contributed by atoms with van der Waals surface area (Å²) in [5.41, 5.74) is 0.326. The van der Waals surface area contributed by atoms with Crippen LogP contribution in [0.25, 0.3) is 20.4 Å². The van der Waals surface area contributed by atoms with Crippen molar-refractivity contribution in [2.45, 2.75) is 23.7 Å². The molecule has 0 aliphatic rings. The summed E-state index contributed by atoms with van der Waals surface area (Å²) in [7, 11) is 0. The Morgan fingerprint density at radius 1 is 0.611 bits per heavy atom. The van der Waals surface area contributed by atoms with Crippen molar-refractivity contribution in [3.8, 4) is 0 Å². The SMILES string of the molecule is O=C(Nc1nc2ccccc2s1)C(F)(F)C(F)(F)C(F)(F)C(F)(F)C(=O)Nc1nc2ccccc2s1. The van der Waals surface area contributed by atoms with Crippen LogP contribution >= 0.6 is 22.7 Å². The lowest BCUT2D eigenvalue weighted by Gasteiger charge is -2.35. The van der Waals surface area contributed by atoms with E-state index in [1.807, 2.05) is 0 Å². The Hall–Kier alpha value is -3.40. The molecule has 0 atom stereocenters. The summed E-state index contributed by atoms with van der Waals surface area (Å²) >= 11 is 1.09. The largest absolute Gasteiger partial charge is 0.393 e. The van der Waals surface area contributed by atoms with Gasteiger partial charge in [0.2, 0.25) is 0 Å². The molecule has 2 amide bonds. The summed E-state index contributed by atoms with van der Waals surface area (Å²) in [6, 6.07) is 11.6. The van der Waals surface area contributed by atoms with Crippen molar-refractivity contribution < 1.29 is 44.7 Å². The average molecular weight is 554 g/mol. The van der Waals surface area contributed by atoms with Gasteiger partial charge >= 0.3 is 35.5 Å². The monoisotopic (exact) mass is 554 g/mol. The highest BCUT2D eigenvalue weighted by Gasteiger charge is 2.84. The van der Waals surface area contributed by atoms with E-state index in [1.54, 1.807) is 0 Å². The van der Waals surface area contributed by atoms with Gasteiger partial charge in [-0.15, -0.1) is 0 Å². The maximum absolute atomic E-state index is 14.3. The number of nitrogens with one attached hydrogen (secondary N) is 2. The number of hydrogen-bond acceptors (Lipinski definition) is 6. The molecule has 4 rings (SSSR count). The second kappa shape index (κ2) is 8.62. The molecule has 0 bridgehead atoms. The van der Waals surface area contributed by atoms with Crippen molar-refractivity contribution in [3.63, 3.8) is 0 Å². The molecular formula is C20H10F8N4O2S2. The van der Waals surface area contributed by atoms with E-state index < -0.39 is 45.8 Å². The summed E-state index contributed by atoms with van der Waals surface area (Å²) in [6.07, 6.45) is 0. The summed E-state index contributed by atoms with van der Waals surface area (Å²) in [4.78, 5) is 31.0. The number of aromatic nitrogens is 2. The van der Waals surface area contributed by atoms with Crippen LogP contribution in [0.5, 0.6) is 0 Å². The first-order chi connectivity index (χ1) is 16.7. The van der Waals surface area contributed by atoms with Crippen molar-refractivity contribution in [3.05, 3.63) is 48.5 Å². The zero-order valence-electron chi connectivity index (χ0n) is 17.2. The molecule has 0 radical (unpaired) electrons. The summed E-state index contributed by atoms with van der Waals surface area (Å²) < 4.78 is 115. The topological polar surface area (TPSA) is 84.0 Å². The number of rotatable bonds is 7. The van der Waals surface area contributed by atoms with Gasteiger partial charge in [0.1, 0.15) is 0 Å². The molecule has 0 saturated heterocycles. The van der Waals surface area contributed by atoms with Gasteiger partial charge in [0.15, 0.2) is 10.3 Å². The molecule has 4 aromatic rings. The van der Waals surface area contributed by atoms with Gasteiger partial charge in [-0.1, -0.05) is 46.9 Å². The van der Waals surface area contributed by atoms with Crippen LogP contribution in [-0.4, -0.2) is 45.5 Å². The number of benzene rings is 2. The molecule has 190 valence electrons. The molecule has 16 heteroatoms. The highest BCUT2D eigenvalue weighted by Crippen LogP contribution is 2.53. The van der Waals surface area contributed by atoms with E-state index in [4.69, 9.17) is 0 Å². The molecule has 36 heavy (non-hydrogen) atoms. The molecule has 0 saturated carbocycles. The normalized spacial score (nSPS) is 13.2. The molecule has 0 aliphatic carbocycles. The van der Waals surface area contributed by atoms with Gasteiger partial charge in [-0.25, -0.2) is 9.97 Å². The number of carbonyl (C=O) groups is 2. The third-order valence-corrected chi connectivity index (χ3v) is 6.69. The van der Waals surface area contributed by atoms with Gasteiger partial charge in [-0.2, -0.15) is 35.1 Å². The van der Waals surface area contributed by atoms with Crippen LogP contribution in [0.1, 0.15) is 0 Å². The maximum atomic E-state index is 14.3. The van der Waals surface area contributed by atoms with E-state index in [1.165, 1.54) is 59.2 Å². The molecule has 2 aromatic carbocycles. The second-order valence-electron chi connectivity index (χ2n) is 7.18. The van der Waals surface area contributed by atoms with Crippen LogP contribution in [0, 0.1) is 0 Å². The van der Waals surface area contributed by atoms with E-state index in [0.717, 1.165) is 0 Å². The number of thiazole rings is 2. The van der Waals surface area contributed by atoms with Crippen LogP contribution in [0.4, 0.5) is 45.4 Å². The number of anilines is 2. The molecule has 0 unspecified atom stereocenters. The number of alkyl halides is 8. The summed E-state index contributed by atoms with van der Waals surface area (Å²) in [5, 5.41) is 1.14. The summed E-state index contributed by atoms with van der Waals surface area (Å²) in [6.45, 7) is 0. The van der Waals surface area contributed by atoms with Gasteiger partial charge in [0, 0.05) is 0 Å². The predicted octanol–water partition coefficient (Wildman–Crippen LogP) is 6.02. The van der Waals surface area contributed by atoms with E-state index in [-0.39, 0.29) is 11.0 Å². The number of nitrogens with zero attached hydrogens (tertiary/aromatic N) is 2. The van der Waals surface area contributed by atoms with Gasteiger partial charge < -0.3 is 0 Å². The van der Waals surface area contributed by atoms with Gasteiger partial charge in [0.05, 0.1) is 20.4 Å². The first-order valence-corrected chi connectivity index (χ1v) is 11.2. The van der Waals surface area contributed by atoms with Crippen LogP contribution in [-0.2, 0) is 9.59 Å². The van der Waals surface area contributed by atoms with E-state index in [2.05, 4.69) is 9.97 Å². The van der Waals surface area contributed by atoms with Crippen LogP contribution in [0.3, 0.4) is 0 Å². The lowest BCUT2D eigenvalue weighted by atomic mass is 9.97. The third-order valence-electron chi connectivity index (χ3n) is 4.78.